The highest BCUT2D eigenvalue weighted by Crippen LogP contribution is 2.30. The summed E-state index contributed by atoms with van der Waals surface area (Å²) >= 11 is 0. The van der Waals surface area contributed by atoms with Crippen LogP contribution in [0.5, 0.6) is 0 Å². The van der Waals surface area contributed by atoms with Crippen LogP contribution in [0.3, 0.4) is 0 Å². The second-order valence-corrected chi connectivity index (χ2v) is 10.4. The van der Waals surface area contributed by atoms with Gasteiger partial charge >= 0.3 is 0 Å². The summed E-state index contributed by atoms with van der Waals surface area (Å²) in [4.78, 5) is 24.1. The van der Waals surface area contributed by atoms with Gasteiger partial charge in [0.15, 0.2) is 0 Å². The van der Waals surface area contributed by atoms with Crippen LogP contribution in [-0.4, -0.2) is 69.5 Å². The molecule has 0 bridgehead atoms. The minimum atomic E-state index is -3.63. The van der Waals surface area contributed by atoms with Crippen LogP contribution in [0.1, 0.15) is 65.6 Å². The lowest BCUT2D eigenvalue weighted by Crippen LogP contribution is -2.40. The Morgan fingerprint density at radius 3 is 2.45 bits per heavy atom. The molecule has 2 aliphatic heterocycles. The van der Waals surface area contributed by atoms with Gasteiger partial charge in [0.25, 0.3) is 5.91 Å². The Kier molecular flexibility index (Phi) is 6.11. The van der Waals surface area contributed by atoms with Gasteiger partial charge in [-0.25, -0.2) is 18.4 Å². The standard InChI is InChI=1S/C21H30N6O3S/c1-15-18(21(28)26-9-5-4-6-10-26)12-22-20(24-15)17-8-7-11-27(14-17)31(29,30)19-13-23-25(3)16(19)2/h12-13,17H,4-11,14H2,1-3H3/t17-/m1/s1. The maximum absolute atomic E-state index is 13.2. The monoisotopic (exact) mass is 446 g/mol. The van der Waals surface area contributed by atoms with Gasteiger partial charge in [0.1, 0.15) is 10.7 Å². The Labute approximate surface area is 183 Å². The van der Waals surface area contributed by atoms with Crippen molar-refractivity contribution in [1.29, 1.82) is 0 Å². The number of carbonyl (C=O) groups excluding carboxylic acids is 1. The van der Waals surface area contributed by atoms with Gasteiger partial charge in [0.05, 0.1) is 23.1 Å². The van der Waals surface area contributed by atoms with E-state index in [1.807, 2.05) is 11.8 Å². The van der Waals surface area contributed by atoms with E-state index in [4.69, 9.17) is 0 Å². The number of amides is 1. The molecule has 10 heteroatoms. The number of sulfonamides is 1. The molecule has 2 aromatic rings. The third-order valence-corrected chi connectivity index (χ3v) is 8.40. The molecule has 0 aromatic carbocycles. The molecule has 0 spiro atoms. The summed E-state index contributed by atoms with van der Waals surface area (Å²) in [6.07, 6.45) is 7.82. The molecular formula is C21H30N6O3S. The number of rotatable bonds is 4. The lowest BCUT2D eigenvalue weighted by atomic mass is 9.98. The van der Waals surface area contributed by atoms with Crippen LogP contribution < -0.4 is 0 Å². The largest absolute Gasteiger partial charge is 0.339 e. The fraction of sp³-hybridized carbons (Fsp3) is 0.619. The molecule has 2 saturated heterocycles. The molecular weight excluding hydrogens is 416 g/mol. The molecule has 4 heterocycles. The molecule has 31 heavy (non-hydrogen) atoms. The van der Waals surface area contributed by atoms with Gasteiger partial charge in [0, 0.05) is 45.3 Å². The van der Waals surface area contributed by atoms with E-state index in [1.54, 1.807) is 24.9 Å². The van der Waals surface area contributed by atoms with Crippen molar-refractivity contribution in [3.63, 3.8) is 0 Å². The molecule has 9 nitrogen and oxygen atoms in total. The quantitative estimate of drug-likeness (QED) is 0.712. The summed E-state index contributed by atoms with van der Waals surface area (Å²) < 4.78 is 29.4. The average molecular weight is 447 g/mol. The fourth-order valence-corrected chi connectivity index (χ4v) is 6.11. The van der Waals surface area contributed by atoms with E-state index in [1.165, 1.54) is 10.5 Å². The smallest absolute Gasteiger partial charge is 0.257 e. The average Bonchev–Trinajstić information content (AvgIpc) is 3.13. The van der Waals surface area contributed by atoms with Gasteiger partial charge in [-0.3, -0.25) is 9.48 Å². The van der Waals surface area contributed by atoms with E-state index in [0.717, 1.165) is 45.2 Å². The SMILES string of the molecule is Cc1nc([C@@H]2CCCN(S(=O)(=O)c3cnn(C)c3C)C2)ncc1C(=O)N1CCCCC1. The number of aromatic nitrogens is 4. The zero-order valence-corrected chi connectivity index (χ0v) is 19.2. The number of hydrogen-bond acceptors (Lipinski definition) is 6. The highest BCUT2D eigenvalue weighted by Gasteiger charge is 2.34. The molecule has 168 valence electrons. The number of piperidine rings is 2. The van der Waals surface area contributed by atoms with Crippen molar-refractivity contribution in [3.8, 4) is 0 Å². The maximum atomic E-state index is 13.2. The predicted octanol–water partition coefficient (Wildman–Crippen LogP) is 2.02. The number of carbonyl (C=O) groups is 1. The first-order valence-electron chi connectivity index (χ1n) is 10.9. The number of aryl methyl sites for hydroxylation is 2. The Bertz CT molecular complexity index is 1070. The van der Waals surface area contributed by atoms with E-state index in [0.29, 0.717) is 35.9 Å². The van der Waals surface area contributed by atoms with Crippen molar-refractivity contribution in [1.82, 2.24) is 29.0 Å². The van der Waals surface area contributed by atoms with Gasteiger partial charge in [-0.15, -0.1) is 0 Å². The van der Waals surface area contributed by atoms with Gasteiger partial charge in [-0.2, -0.15) is 9.40 Å². The van der Waals surface area contributed by atoms with Crippen molar-refractivity contribution in [2.45, 2.75) is 56.8 Å². The molecule has 0 unspecified atom stereocenters. The molecule has 2 aromatic heterocycles. The van der Waals surface area contributed by atoms with Crippen molar-refractivity contribution in [2.24, 2.45) is 7.05 Å². The van der Waals surface area contributed by atoms with E-state index >= 15 is 0 Å². The van der Waals surface area contributed by atoms with E-state index < -0.39 is 10.0 Å². The highest BCUT2D eigenvalue weighted by atomic mass is 32.2. The first-order valence-corrected chi connectivity index (χ1v) is 12.3. The van der Waals surface area contributed by atoms with E-state index in [2.05, 4.69) is 15.1 Å². The Hall–Kier alpha value is -2.33. The molecule has 2 aliphatic rings. The molecule has 0 saturated carbocycles. The van der Waals surface area contributed by atoms with Gasteiger partial charge in [0.2, 0.25) is 10.0 Å². The summed E-state index contributed by atoms with van der Waals surface area (Å²) in [7, 11) is -1.89. The summed E-state index contributed by atoms with van der Waals surface area (Å²) in [5.41, 5.74) is 1.82. The van der Waals surface area contributed by atoms with Crippen LogP contribution in [0.25, 0.3) is 0 Å². The third kappa shape index (κ3) is 4.23. The molecule has 0 radical (unpaired) electrons. The number of hydrogen-bond donors (Lipinski definition) is 0. The summed E-state index contributed by atoms with van der Waals surface area (Å²) in [5, 5.41) is 4.08. The zero-order valence-electron chi connectivity index (χ0n) is 18.4. The van der Waals surface area contributed by atoms with Crippen LogP contribution in [-0.2, 0) is 17.1 Å². The predicted molar refractivity (Wildman–Crippen MR) is 115 cm³/mol. The number of likely N-dealkylation sites (tertiary alicyclic amines) is 1. The van der Waals surface area contributed by atoms with Gasteiger partial charge in [-0.1, -0.05) is 0 Å². The minimum absolute atomic E-state index is 0.0105. The minimum Gasteiger partial charge on any atom is -0.339 e. The number of nitrogens with zero attached hydrogens (tertiary/aromatic N) is 6. The summed E-state index contributed by atoms with van der Waals surface area (Å²) in [5.74, 6) is 0.498. The van der Waals surface area contributed by atoms with Crippen LogP contribution in [0.2, 0.25) is 0 Å². The van der Waals surface area contributed by atoms with E-state index in [9.17, 15) is 13.2 Å². The Balaban J connectivity index is 1.52. The lowest BCUT2D eigenvalue weighted by molar-refractivity contribution is 0.0722. The van der Waals surface area contributed by atoms with Crippen molar-refractivity contribution >= 4 is 15.9 Å². The lowest BCUT2D eigenvalue weighted by Gasteiger charge is -2.31. The first kappa shape index (κ1) is 21.9. The zero-order chi connectivity index (χ0) is 22.2. The molecule has 0 aliphatic carbocycles. The normalized spacial score (nSPS) is 20.7. The molecule has 1 amide bonds. The van der Waals surface area contributed by atoms with Crippen LogP contribution in [0.15, 0.2) is 17.3 Å². The molecule has 1 atom stereocenters. The molecule has 4 rings (SSSR count). The van der Waals surface area contributed by atoms with E-state index in [-0.39, 0.29) is 16.7 Å². The fourth-order valence-electron chi connectivity index (χ4n) is 4.40. The van der Waals surface area contributed by atoms with Gasteiger partial charge < -0.3 is 4.90 Å². The highest BCUT2D eigenvalue weighted by molar-refractivity contribution is 7.89. The second kappa shape index (κ2) is 8.66. The van der Waals surface area contributed by atoms with Crippen LogP contribution >= 0.6 is 0 Å². The topological polar surface area (TPSA) is 101 Å². The van der Waals surface area contributed by atoms with Crippen LogP contribution in [0, 0.1) is 13.8 Å². The van der Waals surface area contributed by atoms with Crippen molar-refractivity contribution in [3.05, 3.63) is 35.2 Å². The Morgan fingerprint density at radius 2 is 1.81 bits per heavy atom. The van der Waals surface area contributed by atoms with Gasteiger partial charge in [-0.05, 0) is 46.0 Å². The summed E-state index contributed by atoms with van der Waals surface area (Å²) in [6.45, 7) is 5.95. The first-order chi connectivity index (χ1) is 14.8. The maximum Gasteiger partial charge on any atom is 0.257 e. The second-order valence-electron chi connectivity index (χ2n) is 8.50. The molecule has 0 N–H and O–H groups in total. The van der Waals surface area contributed by atoms with Crippen LogP contribution in [0.4, 0.5) is 0 Å². The molecule has 2 fully saturated rings. The van der Waals surface area contributed by atoms with Crippen molar-refractivity contribution < 1.29 is 13.2 Å². The van der Waals surface area contributed by atoms with Crippen molar-refractivity contribution in [2.75, 3.05) is 26.2 Å². The summed E-state index contributed by atoms with van der Waals surface area (Å²) in [6, 6.07) is 0. The third-order valence-electron chi connectivity index (χ3n) is 6.43. The Morgan fingerprint density at radius 1 is 1.06 bits per heavy atom.